The first-order valence-electron chi connectivity index (χ1n) is 4.62. The molecule has 0 aliphatic heterocycles. The largest absolute Gasteiger partial charge is 0.326 e. The Bertz CT molecular complexity index is 479. The molecule has 15 heavy (non-hydrogen) atoms. The summed E-state index contributed by atoms with van der Waals surface area (Å²) in [6.07, 6.45) is 1.69. The molecule has 0 radical (unpaired) electrons. The highest BCUT2D eigenvalue weighted by atomic mass is 32.1. The molecule has 2 nitrogen and oxygen atoms in total. The first kappa shape index (κ1) is 10.3. The second-order valence-corrected chi connectivity index (χ2v) is 4.43. The first-order valence-corrected chi connectivity index (χ1v) is 5.43. The van der Waals surface area contributed by atoms with Crippen LogP contribution in [0.5, 0.6) is 0 Å². The summed E-state index contributed by atoms with van der Waals surface area (Å²) in [5, 5.41) is 0.688. The molecule has 0 aliphatic carbocycles. The molecule has 0 amide bonds. The van der Waals surface area contributed by atoms with E-state index in [1.807, 2.05) is 13.0 Å². The molecule has 2 rings (SSSR count). The summed E-state index contributed by atoms with van der Waals surface area (Å²) in [5.41, 5.74) is 6.94. The number of hydrogen-bond donors (Lipinski definition) is 1. The average molecular weight is 222 g/mol. The number of nitrogens with two attached hydrogens (primary N) is 1. The van der Waals surface area contributed by atoms with Gasteiger partial charge in [-0.2, -0.15) is 0 Å². The third-order valence-electron chi connectivity index (χ3n) is 2.11. The molecule has 1 heterocycles. The van der Waals surface area contributed by atoms with Gasteiger partial charge in [-0.1, -0.05) is 6.07 Å². The summed E-state index contributed by atoms with van der Waals surface area (Å²) in [7, 11) is 0. The zero-order valence-electron chi connectivity index (χ0n) is 8.33. The number of thiazole rings is 1. The van der Waals surface area contributed by atoms with E-state index in [1.165, 1.54) is 17.4 Å². The van der Waals surface area contributed by atoms with E-state index < -0.39 is 0 Å². The van der Waals surface area contributed by atoms with Gasteiger partial charge >= 0.3 is 0 Å². The third-order valence-corrected chi connectivity index (χ3v) is 3.16. The minimum atomic E-state index is -0.229. The van der Waals surface area contributed by atoms with Crippen molar-refractivity contribution in [3.05, 3.63) is 40.7 Å². The quantitative estimate of drug-likeness (QED) is 0.848. The van der Waals surface area contributed by atoms with Crippen molar-refractivity contribution in [2.45, 2.75) is 13.5 Å². The SMILES string of the molecule is Cc1ccc(-c2ncc(CN)s2)c(F)c1. The number of aromatic nitrogens is 1. The van der Waals surface area contributed by atoms with E-state index in [1.54, 1.807) is 12.3 Å². The zero-order chi connectivity index (χ0) is 10.8. The van der Waals surface area contributed by atoms with E-state index in [9.17, 15) is 4.39 Å². The molecule has 1 aromatic carbocycles. The van der Waals surface area contributed by atoms with Crippen LogP contribution in [0, 0.1) is 12.7 Å². The summed E-state index contributed by atoms with van der Waals surface area (Å²) < 4.78 is 13.6. The Morgan fingerprint density at radius 3 is 2.87 bits per heavy atom. The number of hydrogen-bond acceptors (Lipinski definition) is 3. The summed E-state index contributed by atoms with van der Waals surface area (Å²) >= 11 is 1.43. The molecule has 0 unspecified atom stereocenters. The van der Waals surface area contributed by atoms with Crippen LogP contribution in [0.2, 0.25) is 0 Å². The summed E-state index contributed by atoms with van der Waals surface area (Å²) in [4.78, 5) is 5.11. The van der Waals surface area contributed by atoms with Crippen molar-refractivity contribution in [3.8, 4) is 10.6 Å². The van der Waals surface area contributed by atoms with Crippen LogP contribution < -0.4 is 5.73 Å². The maximum Gasteiger partial charge on any atom is 0.133 e. The standard InChI is InChI=1S/C11H11FN2S/c1-7-2-3-9(10(12)4-7)11-14-6-8(5-13)15-11/h2-4,6H,5,13H2,1H3. The second-order valence-electron chi connectivity index (χ2n) is 3.32. The van der Waals surface area contributed by atoms with Gasteiger partial charge in [-0.05, 0) is 24.6 Å². The van der Waals surface area contributed by atoms with Crippen LogP contribution >= 0.6 is 11.3 Å². The highest BCUT2D eigenvalue weighted by molar-refractivity contribution is 7.15. The maximum absolute atomic E-state index is 13.6. The predicted molar refractivity (Wildman–Crippen MR) is 60.1 cm³/mol. The highest BCUT2D eigenvalue weighted by Gasteiger charge is 2.08. The van der Waals surface area contributed by atoms with E-state index in [2.05, 4.69) is 4.98 Å². The lowest BCUT2D eigenvalue weighted by molar-refractivity contribution is 0.630. The summed E-state index contributed by atoms with van der Waals surface area (Å²) in [5.74, 6) is -0.229. The summed E-state index contributed by atoms with van der Waals surface area (Å²) in [6, 6.07) is 5.14. The Labute approximate surface area is 91.6 Å². The van der Waals surface area contributed by atoms with Gasteiger partial charge in [-0.25, -0.2) is 9.37 Å². The Hall–Kier alpha value is -1.26. The number of benzene rings is 1. The van der Waals surface area contributed by atoms with E-state index >= 15 is 0 Å². The molecule has 0 saturated heterocycles. The van der Waals surface area contributed by atoms with Crippen LogP contribution in [-0.2, 0) is 6.54 Å². The topological polar surface area (TPSA) is 38.9 Å². The number of rotatable bonds is 2. The average Bonchev–Trinajstić information content (AvgIpc) is 2.66. The van der Waals surface area contributed by atoms with Crippen molar-refractivity contribution in [1.29, 1.82) is 0 Å². The van der Waals surface area contributed by atoms with Crippen LogP contribution in [0.3, 0.4) is 0 Å². The molecule has 0 aliphatic rings. The van der Waals surface area contributed by atoms with Crippen LogP contribution in [0.25, 0.3) is 10.6 Å². The van der Waals surface area contributed by atoms with Gasteiger partial charge in [0.05, 0.1) is 0 Å². The van der Waals surface area contributed by atoms with Gasteiger partial charge in [-0.3, -0.25) is 0 Å². The van der Waals surface area contributed by atoms with Gasteiger partial charge < -0.3 is 5.73 Å². The van der Waals surface area contributed by atoms with E-state index in [-0.39, 0.29) is 5.82 Å². The number of nitrogens with zero attached hydrogens (tertiary/aromatic N) is 1. The molecule has 78 valence electrons. The lowest BCUT2D eigenvalue weighted by Crippen LogP contribution is -1.91. The van der Waals surface area contributed by atoms with Crippen LogP contribution in [0.1, 0.15) is 10.4 Å². The van der Waals surface area contributed by atoms with Gasteiger partial charge in [0, 0.05) is 23.2 Å². The molecule has 0 spiro atoms. The fourth-order valence-corrected chi connectivity index (χ4v) is 2.14. The molecule has 0 saturated carbocycles. The number of aryl methyl sites for hydroxylation is 1. The van der Waals surface area contributed by atoms with Crippen LogP contribution in [0.15, 0.2) is 24.4 Å². The van der Waals surface area contributed by atoms with Crippen molar-refractivity contribution in [2.24, 2.45) is 5.73 Å². The van der Waals surface area contributed by atoms with Gasteiger partial charge in [0.15, 0.2) is 0 Å². The van der Waals surface area contributed by atoms with Crippen molar-refractivity contribution < 1.29 is 4.39 Å². The normalized spacial score (nSPS) is 10.6. The van der Waals surface area contributed by atoms with Gasteiger partial charge in [-0.15, -0.1) is 11.3 Å². The molecule has 2 aromatic rings. The van der Waals surface area contributed by atoms with Gasteiger partial charge in [0.1, 0.15) is 10.8 Å². The fourth-order valence-electron chi connectivity index (χ4n) is 1.32. The zero-order valence-corrected chi connectivity index (χ0v) is 9.14. The Balaban J connectivity index is 2.44. The molecule has 1 aromatic heterocycles. The second kappa shape index (κ2) is 4.08. The first-order chi connectivity index (χ1) is 7.20. The molecule has 0 fully saturated rings. The maximum atomic E-state index is 13.6. The minimum Gasteiger partial charge on any atom is -0.326 e. The monoisotopic (exact) mass is 222 g/mol. The van der Waals surface area contributed by atoms with E-state index in [4.69, 9.17) is 5.73 Å². The van der Waals surface area contributed by atoms with E-state index in [0.29, 0.717) is 17.1 Å². The lowest BCUT2D eigenvalue weighted by Gasteiger charge is -1.99. The number of halogens is 1. The van der Waals surface area contributed by atoms with Crippen molar-refractivity contribution in [1.82, 2.24) is 4.98 Å². The third kappa shape index (κ3) is 2.06. The minimum absolute atomic E-state index is 0.229. The Kier molecular flexibility index (Phi) is 2.79. The lowest BCUT2D eigenvalue weighted by atomic mass is 10.1. The predicted octanol–water partition coefficient (Wildman–Crippen LogP) is 2.72. The Morgan fingerprint density at radius 1 is 1.47 bits per heavy atom. The smallest absolute Gasteiger partial charge is 0.133 e. The molecule has 0 atom stereocenters. The van der Waals surface area contributed by atoms with Gasteiger partial charge in [0.25, 0.3) is 0 Å². The molecule has 2 N–H and O–H groups in total. The molecule has 0 bridgehead atoms. The van der Waals surface area contributed by atoms with Gasteiger partial charge in [0.2, 0.25) is 0 Å². The highest BCUT2D eigenvalue weighted by Crippen LogP contribution is 2.27. The molecule has 4 heteroatoms. The van der Waals surface area contributed by atoms with Crippen LogP contribution in [-0.4, -0.2) is 4.98 Å². The summed E-state index contributed by atoms with van der Waals surface area (Å²) in [6.45, 7) is 2.31. The molecular weight excluding hydrogens is 211 g/mol. The Morgan fingerprint density at radius 2 is 2.27 bits per heavy atom. The van der Waals surface area contributed by atoms with Crippen LogP contribution in [0.4, 0.5) is 4.39 Å². The fraction of sp³-hybridized carbons (Fsp3) is 0.182. The van der Waals surface area contributed by atoms with Crippen molar-refractivity contribution in [3.63, 3.8) is 0 Å². The van der Waals surface area contributed by atoms with E-state index in [0.717, 1.165) is 10.4 Å². The van der Waals surface area contributed by atoms with Crippen molar-refractivity contribution in [2.75, 3.05) is 0 Å². The van der Waals surface area contributed by atoms with Crippen molar-refractivity contribution >= 4 is 11.3 Å². The molecular formula is C11H11FN2S.